The van der Waals surface area contributed by atoms with Crippen molar-refractivity contribution >= 4 is 11.0 Å². The molecule has 5 heteroatoms. The van der Waals surface area contributed by atoms with Crippen LogP contribution in [0.4, 0.5) is 0 Å². The zero-order chi connectivity index (χ0) is 48.3. The average Bonchev–Trinajstić information content (AvgIpc) is 3.70. The molecular formula is C60H56N3OPt-. The van der Waals surface area contributed by atoms with Gasteiger partial charge in [0.1, 0.15) is 11.6 Å². The summed E-state index contributed by atoms with van der Waals surface area (Å²) < 4.78 is 37.1. The van der Waals surface area contributed by atoms with Gasteiger partial charge in [-0.3, -0.25) is 9.55 Å². The molecule has 9 rings (SSSR count). The van der Waals surface area contributed by atoms with Gasteiger partial charge in [-0.05, 0) is 104 Å². The van der Waals surface area contributed by atoms with E-state index in [0.29, 0.717) is 33.7 Å². The third kappa shape index (κ3) is 9.02. The summed E-state index contributed by atoms with van der Waals surface area (Å²) in [6, 6.07) is 55.5. The summed E-state index contributed by atoms with van der Waals surface area (Å²) in [5, 5.41) is 11.6. The molecular weight excluding hydrogens is 974 g/mol. The minimum absolute atomic E-state index is 0. The molecule has 2 heterocycles. The molecule has 0 saturated carbocycles. The van der Waals surface area contributed by atoms with E-state index in [4.69, 9.17) is 15.5 Å². The first kappa shape index (κ1) is 40.2. The second kappa shape index (κ2) is 17.9. The molecule has 0 atom stereocenters. The van der Waals surface area contributed by atoms with Gasteiger partial charge in [-0.2, -0.15) is 0 Å². The summed E-state index contributed by atoms with van der Waals surface area (Å²) in [6.45, 7) is 14.5. The standard InChI is InChI=1S/C60H56N3O.Pt/c1-38(2)40-22-24-41(25-23-40)44-30-31-61-53(36-44)46-33-45(34-48(35-46)60(7,8)9)49-19-15-20-54-57(49)62-58(50-18-13-14-21-56(50)64)63(54)55-37-51(42-16-11-10-12-17-42)39(3)32-52(55)43-26-28-47(29-27-43)59(4,5)6;/h10-32,34-38,64H,1-9H3;/q-1;/i3D3,38D;. The molecule has 0 spiro atoms. The monoisotopic (exact) mass is 1030 g/mol. The number of hydrogen-bond donors (Lipinski definition) is 1. The number of nitrogens with zero attached hydrogens (tertiary/aromatic N) is 3. The second-order valence-electron chi connectivity index (χ2n) is 19.0. The van der Waals surface area contributed by atoms with Gasteiger partial charge in [0, 0.05) is 44.0 Å². The van der Waals surface area contributed by atoms with Crippen molar-refractivity contribution in [1.82, 2.24) is 14.5 Å². The van der Waals surface area contributed by atoms with Crippen LogP contribution in [-0.4, -0.2) is 19.6 Å². The molecule has 1 N–H and O–H groups in total. The number of aromatic hydroxyl groups is 1. The van der Waals surface area contributed by atoms with Gasteiger partial charge in [0.05, 0.1) is 22.3 Å². The zero-order valence-electron chi connectivity index (χ0n) is 42.2. The van der Waals surface area contributed by atoms with Crippen molar-refractivity contribution < 1.29 is 31.7 Å². The summed E-state index contributed by atoms with van der Waals surface area (Å²) in [5.74, 6) is -0.130. The third-order valence-electron chi connectivity index (χ3n) is 12.2. The second-order valence-corrected chi connectivity index (χ2v) is 19.0. The fourth-order valence-electron chi connectivity index (χ4n) is 8.45. The largest absolute Gasteiger partial charge is 0.507 e. The van der Waals surface area contributed by atoms with Crippen molar-refractivity contribution in [2.24, 2.45) is 0 Å². The summed E-state index contributed by atoms with van der Waals surface area (Å²) in [6.07, 6.45) is 1.83. The molecule has 65 heavy (non-hydrogen) atoms. The first-order chi connectivity index (χ1) is 32.1. The van der Waals surface area contributed by atoms with E-state index >= 15 is 0 Å². The normalized spacial score (nSPS) is 13.1. The molecule has 0 aliphatic rings. The molecule has 2 aromatic heterocycles. The summed E-state index contributed by atoms with van der Waals surface area (Å²) in [5.41, 5.74) is 14.1. The number of pyridine rings is 1. The van der Waals surface area contributed by atoms with Crippen LogP contribution in [0.5, 0.6) is 5.75 Å². The average molecular weight is 1030 g/mol. The molecule has 0 aliphatic heterocycles. The fourth-order valence-corrected chi connectivity index (χ4v) is 8.45. The Kier molecular flexibility index (Phi) is 11.1. The molecule has 0 aliphatic carbocycles. The minimum atomic E-state index is -2.43. The van der Waals surface area contributed by atoms with Crippen LogP contribution in [0.3, 0.4) is 0 Å². The van der Waals surface area contributed by atoms with Gasteiger partial charge in [0.2, 0.25) is 0 Å². The SMILES string of the molecule is [2H]C([2H])([2H])c1cc(-c2ccc(C(C)(C)C)cc2)c(-n2c(-c3ccccc3O)nc3c(-c4[c-]c(-c5cc(-c6ccc(C([2H])(C)C)cc6)ccn5)cc(C(C)(C)C)c4)cccc32)cc1-c1ccccc1.[Pt]. The van der Waals surface area contributed by atoms with E-state index in [1.165, 1.54) is 0 Å². The number of hydrogen-bond acceptors (Lipinski definition) is 3. The Morgan fingerprint density at radius 1 is 0.600 bits per heavy atom. The van der Waals surface area contributed by atoms with Crippen LogP contribution in [0.15, 0.2) is 164 Å². The number of benzene rings is 7. The molecule has 328 valence electrons. The van der Waals surface area contributed by atoms with Gasteiger partial charge in [0.25, 0.3) is 0 Å². The Bertz CT molecular complexity index is 3320. The predicted molar refractivity (Wildman–Crippen MR) is 268 cm³/mol. The van der Waals surface area contributed by atoms with Crippen molar-refractivity contribution in [3.8, 4) is 78.6 Å². The van der Waals surface area contributed by atoms with Crippen LogP contribution in [0.1, 0.15) is 89.0 Å². The Labute approximate surface area is 405 Å². The number of rotatable bonds is 8. The van der Waals surface area contributed by atoms with Crippen LogP contribution < -0.4 is 0 Å². The van der Waals surface area contributed by atoms with Crippen LogP contribution in [-0.2, 0) is 31.9 Å². The number of phenolic OH excluding ortho intramolecular Hbond substituents is 1. The van der Waals surface area contributed by atoms with Crippen molar-refractivity contribution in [2.45, 2.75) is 79.0 Å². The van der Waals surface area contributed by atoms with E-state index in [9.17, 15) is 5.11 Å². The van der Waals surface area contributed by atoms with E-state index in [1.807, 2.05) is 105 Å². The maximum absolute atomic E-state index is 11.6. The maximum Gasteiger partial charge on any atom is 0.148 e. The van der Waals surface area contributed by atoms with Gasteiger partial charge in [0.15, 0.2) is 0 Å². The molecule has 9 aromatic rings. The van der Waals surface area contributed by atoms with E-state index in [1.54, 1.807) is 12.1 Å². The fraction of sp³-hybridized carbons (Fsp3) is 0.200. The van der Waals surface area contributed by atoms with Crippen LogP contribution in [0, 0.1) is 12.9 Å². The maximum atomic E-state index is 11.6. The molecule has 0 fully saturated rings. The topological polar surface area (TPSA) is 50.9 Å². The summed E-state index contributed by atoms with van der Waals surface area (Å²) in [4.78, 5) is 10.4. The Hall–Kier alpha value is -6.35. The Balaban J connectivity index is 0.00000642. The number of para-hydroxylation sites is 2. The Morgan fingerprint density at radius 3 is 1.92 bits per heavy atom. The molecule has 0 bridgehead atoms. The number of aryl methyl sites for hydroxylation is 1. The minimum Gasteiger partial charge on any atom is -0.507 e. The molecule has 0 amide bonds. The van der Waals surface area contributed by atoms with Crippen molar-refractivity contribution in [2.75, 3.05) is 0 Å². The van der Waals surface area contributed by atoms with E-state index in [2.05, 4.69) is 113 Å². The quantitative estimate of drug-likeness (QED) is 0.154. The van der Waals surface area contributed by atoms with Gasteiger partial charge >= 0.3 is 0 Å². The number of phenols is 1. The van der Waals surface area contributed by atoms with E-state index in [-0.39, 0.29) is 43.2 Å². The van der Waals surface area contributed by atoms with E-state index in [0.717, 1.165) is 66.8 Å². The van der Waals surface area contributed by atoms with Crippen LogP contribution in [0.25, 0.3) is 83.9 Å². The number of fused-ring (bicyclic) bond motifs is 1. The number of imidazole rings is 1. The van der Waals surface area contributed by atoms with Gasteiger partial charge in [-0.15, -0.1) is 29.3 Å². The van der Waals surface area contributed by atoms with Gasteiger partial charge in [-0.1, -0.05) is 176 Å². The first-order valence-electron chi connectivity index (χ1n) is 24.0. The van der Waals surface area contributed by atoms with E-state index < -0.39 is 12.7 Å². The molecule has 7 aromatic carbocycles. The molecule has 0 radical (unpaired) electrons. The van der Waals surface area contributed by atoms with Gasteiger partial charge < -0.3 is 5.11 Å². The van der Waals surface area contributed by atoms with Crippen molar-refractivity contribution in [3.05, 3.63) is 192 Å². The summed E-state index contributed by atoms with van der Waals surface area (Å²) in [7, 11) is 0. The van der Waals surface area contributed by atoms with Crippen molar-refractivity contribution in [3.63, 3.8) is 0 Å². The summed E-state index contributed by atoms with van der Waals surface area (Å²) >= 11 is 0. The molecule has 0 unspecified atom stereocenters. The van der Waals surface area contributed by atoms with Crippen LogP contribution in [0.2, 0.25) is 0 Å². The predicted octanol–water partition coefficient (Wildman–Crippen LogP) is 16.0. The zero-order valence-corrected chi connectivity index (χ0v) is 40.5. The molecule has 4 nitrogen and oxygen atoms in total. The third-order valence-corrected chi connectivity index (χ3v) is 12.2. The smallest absolute Gasteiger partial charge is 0.148 e. The first-order valence-corrected chi connectivity index (χ1v) is 22.0. The van der Waals surface area contributed by atoms with Crippen molar-refractivity contribution in [1.29, 1.82) is 0 Å². The molecule has 0 saturated heterocycles. The van der Waals surface area contributed by atoms with Gasteiger partial charge in [-0.25, -0.2) is 4.98 Å². The Morgan fingerprint density at radius 2 is 1.25 bits per heavy atom. The number of aromatic nitrogens is 3. The van der Waals surface area contributed by atoms with Crippen LogP contribution >= 0.6 is 0 Å².